The Kier molecular flexibility index (Phi) is 13.5. The SMILES string of the molecule is CCC(CC)(Oc1cc(F)c2c(c1)N(C)C(=O)C21CCN(C(=O)OC(C)(C)C)CC1)O[P+](=O)OC(CC)(CC)Oc1cc(F)c2c(c1)N(C)C(=O)C21CCN(C(=O)OC(C)(C)C)CC1. The van der Waals surface area contributed by atoms with Crippen molar-refractivity contribution in [3.05, 3.63) is 47.0 Å². The van der Waals surface area contributed by atoms with Crippen molar-refractivity contribution in [2.45, 2.75) is 154 Å². The lowest BCUT2D eigenvalue weighted by atomic mass is 9.73. The number of piperidine rings is 2. The molecule has 2 aromatic carbocycles. The molecule has 6 rings (SSSR count). The maximum Gasteiger partial charge on any atom is 0.705 e. The van der Waals surface area contributed by atoms with Crippen LogP contribution < -0.4 is 19.3 Å². The normalized spacial score (nSPS) is 18.4. The maximum absolute atomic E-state index is 16.4. The molecule has 0 aliphatic carbocycles. The molecular weight excluding hydrogens is 853 g/mol. The van der Waals surface area contributed by atoms with E-state index in [4.69, 9.17) is 28.0 Å². The van der Waals surface area contributed by atoms with E-state index in [1.807, 2.05) is 0 Å². The number of hydrogen-bond acceptors (Lipinski definition) is 11. The van der Waals surface area contributed by atoms with Crippen molar-refractivity contribution in [3.8, 4) is 11.5 Å². The number of hydrogen-bond donors (Lipinski definition) is 0. The molecule has 2 aromatic rings. The molecule has 0 aromatic heterocycles. The summed E-state index contributed by atoms with van der Waals surface area (Å²) in [6, 6.07) is 5.50. The Labute approximate surface area is 375 Å². The van der Waals surface area contributed by atoms with Gasteiger partial charge in [0.2, 0.25) is 11.8 Å². The number of benzene rings is 2. The summed E-state index contributed by atoms with van der Waals surface area (Å²) < 4.78 is 82.4. The molecule has 4 aliphatic heterocycles. The van der Waals surface area contributed by atoms with E-state index in [0.29, 0.717) is 11.4 Å². The minimum Gasteiger partial charge on any atom is -0.457 e. The molecule has 15 nitrogen and oxygen atoms in total. The highest BCUT2D eigenvalue weighted by Crippen LogP contribution is 2.53. The lowest BCUT2D eigenvalue weighted by molar-refractivity contribution is -0.155. The summed E-state index contributed by atoms with van der Waals surface area (Å²) in [5.41, 5.74) is -2.62. The summed E-state index contributed by atoms with van der Waals surface area (Å²) in [5, 5.41) is 0. The van der Waals surface area contributed by atoms with Gasteiger partial charge in [-0.25, -0.2) is 18.4 Å². The second-order valence-corrected chi connectivity index (χ2v) is 20.1. The Bertz CT molecular complexity index is 2020. The lowest BCUT2D eigenvalue weighted by Gasteiger charge is -2.38. The first-order chi connectivity index (χ1) is 29.8. The van der Waals surface area contributed by atoms with Crippen LogP contribution in [0.2, 0.25) is 0 Å². The van der Waals surface area contributed by atoms with Gasteiger partial charge in [-0.15, -0.1) is 0 Å². The minimum absolute atomic E-state index is 0.0420. The molecule has 2 fully saturated rings. The van der Waals surface area contributed by atoms with Gasteiger partial charge in [0.05, 0.1) is 22.2 Å². The van der Waals surface area contributed by atoms with Crippen molar-refractivity contribution in [3.63, 3.8) is 0 Å². The molecule has 0 saturated carbocycles. The third-order valence-electron chi connectivity index (χ3n) is 13.0. The molecule has 0 radical (unpaired) electrons. The van der Waals surface area contributed by atoms with Gasteiger partial charge >= 0.3 is 20.4 Å². The van der Waals surface area contributed by atoms with Crippen LogP contribution in [-0.4, -0.2) is 96.9 Å². The predicted octanol–water partition coefficient (Wildman–Crippen LogP) is 9.64. The van der Waals surface area contributed by atoms with Crippen molar-refractivity contribution < 1.29 is 60.5 Å². The number of carbonyl (C=O) groups excluding carboxylic acids is 4. The molecule has 4 heterocycles. The molecule has 2 saturated heterocycles. The Morgan fingerprint density at radius 3 is 1.20 bits per heavy atom. The van der Waals surface area contributed by atoms with Crippen LogP contribution in [-0.2, 0) is 43.5 Å². The van der Waals surface area contributed by atoms with Gasteiger partial charge in [-0.3, -0.25) is 9.59 Å². The van der Waals surface area contributed by atoms with Gasteiger partial charge in [-0.1, -0.05) is 36.7 Å². The van der Waals surface area contributed by atoms with Crippen molar-refractivity contribution in [2.75, 3.05) is 50.1 Å². The van der Waals surface area contributed by atoms with E-state index >= 15 is 8.78 Å². The predicted molar refractivity (Wildman–Crippen MR) is 235 cm³/mol. The first-order valence-corrected chi connectivity index (χ1v) is 23.3. The number of carbonyl (C=O) groups is 4. The first-order valence-electron chi connectivity index (χ1n) is 22.3. The zero-order valence-corrected chi connectivity index (χ0v) is 40.2. The molecular formula is C46H64F2N4O11P+. The zero-order chi connectivity index (χ0) is 47.4. The van der Waals surface area contributed by atoms with Crippen molar-refractivity contribution >= 4 is 43.6 Å². The number of fused-ring (bicyclic) bond motifs is 4. The van der Waals surface area contributed by atoms with Crippen molar-refractivity contribution in [1.82, 2.24) is 9.80 Å². The lowest BCUT2D eigenvalue weighted by Crippen LogP contribution is -2.50. The highest BCUT2D eigenvalue weighted by atomic mass is 31.1. The zero-order valence-electron chi connectivity index (χ0n) is 39.3. The smallest absolute Gasteiger partial charge is 0.457 e. The summed E-state index contributed by atoms with van der Waals surface area (Å²) in [6.45, 7) is 18.5. The largest absolute Gasteiger partial charge is 0.705 e. The molecule has 4 aliphatic rings. The number of likely N-dealkylation sites (N-methyl/N-ethyl adjacent to an activating group) is 2. The summed E-state index contributed by atoms with van der Waals surface area (Å²) >= 11 is 0. The third kappa shape index (κ3) is 9.13. The van der Waals surface area contributed by atoms with Crippen LogP contribution in [0.4, 0.5) is 29.7 Å². The Balaban J connectivity index is 1.17. The Hall–Kier alpha value is -4.60. The standard InChI is InChI=1S/C46H64F2N4O11P/c1-13-45(14-2,58-29-25-31(47)35-33(27-29)49(11)37(53)43(35)17-21-51(22-18-43)39(55)60-41(5,6)7)62-64(57)63-46(15-3,16-4)59-30-26-32(48)36-34(28-30)50(12)38(54)44(36)19-23-52(24-20-44)40(56)61-42(8,9)10/h25-28H,13-24H2,1-12H3/q+1. The molecule has 2 spiro atoms. The molecule has 352 valence electrons. The second-order valence-electron chi connectivity index (χ2n) is 19.3. The van der Waals surface area contributed by atoms with E-state index in [-0.39, 0.29) is 112 Å². The molecule has 0 N–H and O–H groups in total. The Morgan fingerprint density at radius 1 is 0.609 bits per heavy atom. The number of nitrogens with zero attached hydrogens (tertiary/aromatic N) is 4. The summed E-state index contributed by atoms with van der Waals surface area (Å²) in [6.07, 6.45) is 0.477. The van der Waals surface area contributed by atoms with Crippen molar-refractivity contribution in [1.29, 1.82) is 0 Å². The quantitative estimate of drug-likeness (QED) is 0.148. The first kappa shape index (κ1) is 48.8. The van der Waals surface area contributed by atoms with Gasteiger partial charge < -0.3 is 38.5 Å². The Morgan fingerprint density at radius 2 is 0.922 bits per heavy atom. The number of amides is 4. The second kappa shape index (κ2) is 17.7. The van der Waals surface area contributed by atoms with Gasteiger partial charge in [0, 0.05) is 106 Å². The van der Waals surface area contributed by atoms with Gasteiger partial charge in [0.1, 0.15) is 34.3 Å². The molecule has 4 amide bonds. The van der Waals surface area contributed by atoms with Gasteiger partial charge in [0.25, 0.3) is 11.6 Å². The van der Waals surface area contributed by atoms with Crippen LogP contribution in [0.25, 0.3) is 0 Å². The number of rotatable bonds is 12. The van der Waals surface area contributed by atoms with Gasteiger partial charge in [-0.05, 0) is 67.2 Å². The average Bonchev–Trinajstić information content (AvgIpc) is 3.54. The van der Waals surface area contributed by atoms with Crippen LogP contribution in [0.5, 0.6) is 11.5 Å². The highest BCUT2D eigenvalue weighted by Gasteiger charge is 2.56. The number of ether oxygens (including phenoxy) is 4. The van der Waals surface area contributed by atoms with E-state index in [0.717, 1.165) is 0 Å². The van der Waals surface area contributed by atoms with Crippen LogP contribution in [0, 0.1) is 11.6 Å². The van der Waals surface area contributed by atoms with Gasteiger partial charge in [0.15, 0.2) is 0 Å². The maximum atomic E-state index is 16.4. The summed E-state index contributed by atoms with van der Waals surface area (Å²) in [7, 11) is 0.141. The fourth-order valence-corrected chi connectivity index (χ4v) is 10.5. The number of halogens is 2. The van der Waals surface area contributed by atoms with E-state index in [1.54, 1.807) is 95.5 Å². The fourth-order valence-electron chi connectivity index (χ4n) is 9.33. The van der Waals surface area contributed by atoms with Crippen LogP contribution in [0.3, 0.4) is 0 Å². The van der Waals surface area contributed by atoms with Gasteiger partial charge in [-0.2, -0.15) is 0 Å². The monoisotopic (exact) mass is 917 g/mol. The molecule has 18 heteroatoms. The third-order valence-corrected chi connectivity index (χ3v) is 13.9. The number of anilines is 2. The molecule has 0 bridgehead atoms. The summed E-state index contributed by atoms with van der Waals surface area (Å²) in [4.78, 5) is 59.1. The highest BCUT2D eigenvalue weighted by molar-refractivity contribution is 7.33. The van der Waals surface area contributed by atoms with Crippen molar-refractivity contribution in [2.24, 2.45) is 0 Å². The van der Waals surface area contributed by atoms with Crippen LogP contribution in [0.15, 0.2) is 24.3 Å². The minimum atomic E-state index is -3.00. The fraction of sp³-hybridized carbons (Fsp3) is 0.652. The molecule has 0 unspecified atom stereocenters. The van der Waals surface area contributed by atoms with Crippen LogP contribution >= 0.6 is 8.25 Å². The van der Waals surface area contributed by atoms with E-state index in [9.17, 15) is 23.7 Å². The van der Waals surface area contributed by atoms with E-state index in [2.05, 4.69) is 0 Å². The van der Waals surface area contributed by atoms with E-state index < -0.39 is 65.7 Å². The van der Waals surface area contributed by atoms with Crippen LogP contribution in [0.1, 0.15) is 132 Å². The topological polar surface area (TPSA) is 154 Å². The number of likely N-dealkylation sites (tertiary alicyclic amines) is 2. The van der Waals surface area contributed by atoms with E-state index in [1.165, 1.54) is 31.7 Å². The average molecular weight is 918 g/mol. The molecule has 0 atom stereocenters. The summed E-state index contributed by atoms with van der Waals surface area (Å²) in [5.74, 6) is -4.96. The molecule has 64 heavy (non-hydrogen) atoms.